The van der Waals surface area contributed by atoms with Crippen LogP contribution in [-0.2, 0) is 4.74 Å². The third-order valence-electron chi connectivity index (χ3n) is 4.48. The summed E-state index contributed by atoms with van der Waals surface area (Å²) in [5.41, 5.74) is 2.66. The van der Waals surface area contributed by atoms with Gasteiger partial charge in [0.2, 0.25) is 0 Å². The van der Waals surface area contributed by atoms with Gasteiger partial charge in [-0.1, -0.05) is 20.6 Å². The number of nitro benzene ring substituents is 2. The molecule has 2 aromatic rings. The molecular formula is C25H32N4O8. The number of anilines is 2. The van der Waals surface area contributed by atoms with Crippen molar-refractivity contribution < 1.29 is 28.9 Å². The molecule has 12 nitrogen and oxygen atoms in total. The van der Waals surface area contributed by atoms with Gasteiger partial charge >= 0.3 is 6.09 Å². The highest BCUT2D eigenvalue weighted by Gasteiger charge is 2.29. The molecule has 2 aromatic carbocycles. The van der Waals surface area contributed by atoms with Gasteiger partial charge in [-0.3, -0.25) is 25.1 Å². The molecule has 0 spiro atoms. The first-order chi connectivity index (χ1) is 17.0. The molecule has 2 aliphatic heterocycles. The molecule has 200 valence electrons. The van der Waals surface area contributed by atoms with Crippen LogP contribution in [0.25, 0.3) is 0 Å². The summed E-state index contributed by atoms with van der Waals surface area (Å²) in [6.45, 7) is 13.4. The van der Waals surface area contributed by atoms with E-state index in [1.807, 2.05) is 0 Å². The largest absolute Gasteiger partial charge is 0.490 e. The number of carbonyl (C=O) groups is 1. The fourth-order valence-corrected chi connectivity index (χ4v) is 3.07. The van der Waals surface area contributed by atoms with Crippen molar-refractivity contribution >= 4 is 28.8 Å². The summed E-state index contributed by atoms with van der Waals surface area (Å²) in [6.07, 6.45) is -0.539. The lowest BCUT2D eigenvalue weighted by atomic mass is 10.2. The molecule has 0 radical (unpaired) electrons. The molecule has 37 heavy (non-hydrogen) atoms. The van der Waals surface area contributed by atoms with Crippen molar-refractivity contribution in [1.82, 2.24) is 0 Å². The average molecular weight is 517 g/mol. The van der Waals surface area contributed by atoms with Crippen molar-refractivity contribution in [3.8, 4) is 11.5 Å². The number of non-ortho nitro benzene ring substituents is 2. The second kappa shape index (κ2) is 13.5. The van der Waals surface area contributed by atoms with Gasteiger partial charge < -0.3 is 19.5 Å². The van der Waals surface area contributed by atoms with Crippen molar-refractivity contribution in [2.45, 2.75) is 33.8 Å². The molecular weight excluding hydrogens is 484 g/mol. The van der Waals surface area contributed by atoms with E-state index >= 15 is 0 Å². The number of rotatable bonds is 2. The third-order valence-corrected chi connectivity index (χ3v) is 4.48. The summed E-state index contributed by atoms with van der Waals surface area (Å²) in [4.78, 5) is 33.8. The monoisotopic (exact) mass is 516 g/mol. The van der Waals surface area contributed by atoms with Crippen molar-refractivity contribution in [1.29, 1.82) is 0 Å². The minimum absolute atomic E-state index is 0. The highest BCUT2D eigenvalue weighted by atomic mass is 16.6. The van der Waals surface area contributed by atoms with Crippen LogP contribution in [0.2, 0.25) is 0 Å². The van der Waals surface area contributed by atoms with Gasteiger partial charge in [-0.25, -0.2) is 4.79 Å². The number of nitrogens with one attached hydrogen (secondary N) is 1. The molecule has 2 aliphatic rings. The van der Waals surface area contributed by atoms with E-state index in [4.69, 9.17) is 14.2 Å². The molecule has 0 aromatic heterocycles. The fourth-order valence-electron chi connectivity index (χ4n) is 3.07. The Kier molecular flexibility index (Phi) is 11.1. The molecule has 0 aliphatic carbocycles. The molecule has 0 saturated carbocycles. The van der Waals surface area contributed by atoms with E-state index in [0.717, 1.165) is 0 Å². The predicted octanol–water partition coefficient (Wildman–Crippen LogP) is 5.72. The SMILES string of the molecule is C.C=C=C.CC(C)(C)OC(=O)N1CCOc2ccc([N+](=O)[O-])cc21.O=[N+]([O-])c1ccc2c(c1)NCCO2. The van der Waals surface area contributed by atoms with E-state index in [1.165, 1.54) is 35.2 Å². The fraction of sp³-hybridized carbons (Fsp3) is 0.360. The van der Waals surface area contributed by atoms with Crippen LogP contribution in [0, 0.1) is 20.2 Å². The van der Waals surface area contributed by atoms with Gasteiger partial charge in [0.05, 0.1) is 27.8 Å². The standard InChI is InChI=1S/C13H16N2O5.C8H8N2O3.C3H4.CH4/c1-13(2,3)20-12(16)14-6-7-19-11-5-4-9(15(17)18)8-10(11)14;11-10(12)6-1-2-8-7(5-6)9-3-4-13-8;1-3-2;/h4-5,8H,6-7H2,1-3H3;1-2,5,9H,3-4H2;1-2H2;1H4. The summed E-state index contributed by atoms with van der Waals surface area (Å²) >= 11 is 0. The second-order valence-corrected chi connectivity index (χ2v) is 8.35. The van der Waals surface area contributed by atoms with Crippen LogP contribution in [0.4, 0.5) is 27.5 Å². The van der Waals surface area contributed by atoms with Crippen molar-refractivity contribution in [2.24, 2.45) is 0 Å². The van der Waals surface area contributed by atoms with E-state index in [0.29, 0.717) is 49.2 Å². The van der Waals surface area contributed by atoms with Crippen LogP contribution in [0.5, 0.6) is 11.5 Å². The van der Waals surface area contributed by atoms with Gasteiger partial charge in [0, 0.05) is 30.8 Å². The van der Waals surface area contributed by atoms with Crippen molar-refractivity contribution in [2.75, 3.05) is 36.5 Å². The van der Waals surface area contributed by atoms with Crippen LogP contribution in [0.1, 0.15) is 28.2 Å². The normalized spacial score (nSPS) is 12.8. The Balaban J connectivity index is 0.000000347. The Labute approximate surface area is 215 Å². The number of amides is 1. The van der Waals surface area contributed by atoms with E-state index < -0.39 is 21.5 Å². The molecule has 1 N–H and O–H groups in total. The number of nitrogens with zero attached hydrogens (tertiary/aromatic N) is 3. The number of benzene rings is 2. The van der Waals surface area contributed by atoms with Crippen LogP contribution < -0.4 is 19.7 Å². The van der Waals surface area contributed by atoms with E-state index in [9.17, 15) is 25.0 Å². The molecule has 12 heteroatoms. The highest BCUT2D eigenvalue weighted by molar-refractivity contribution is 5.91. The topological polar surface area (TPSA) is 146 Å². The number of nitro groups is 2. The van der Waals surface area contributed by atoms with E-state index in [2.05, 4.69) is 24.2 Å². The Morgan fingerprint density at radius 2 is 1.57 bits per heavy atom. The summed E-state index contributed by atoms with van der Waals surface area (Å²) in [6, 6.07) is 8.68. The summed E-state index contributed by atoms with van der Waals surface area (Å²) in [7, 11) is 0. The summed E-state index contributed by atoms with van der Waals surface area (Å²) < 4.78 is 16.0. The summed E-state index contributed by atoms with van der Waals surface area (Å²) in [5, 5.41) is 24.3. The van der Waals surface area contributed by atoms with E-state index in [-0.39, 0.29) is 18.8 Å². The van der Waals surface area contributed by atoms with Crippen molar-refractivity contribution in [3.05, 3.63) is 75.5 Å². The minimum atomic E-state index is -0.629. The summed E-state index contributed by atoms with van der Waals surface area (Å²) in [5.74, 6) is 1.12. The van der Waals surface area contributed by atoms with E-state index in [1.54, 1.807) is 26.8 Å². The molecule has 0 fully saturated rings. The number of hydrogen-bond donors (Lipinski definition) is 1. The zero-order valence-corrected chi connectivity index (χ0v) is 20.3. The third kappa shape index (κ3) is 8.86. The van der Waals surface area contributed by atoms with Gasteiger partial charge in [0.15, 0.2) is 0 Å². The van der Waals surface area contributed by atoms with Gasteiger partial charge in [-0.2, -0.15) is 0 Å². The maximum absolute atomic E-state index is 12.1. The highest BCUT2D eigenvalue weighted by Crippen LogP contribution is 2.35. The number of ether oxygens (including phenoxy) is 3. The first-order valence-corrected chi connectivity index (χ1v) is 10.8. The first-order valence-electron chi connectivity index (χ1n) is 10.8. The van der Waals surface area contributed by atoms with Crippen LogP contribution in [0.15, 0.2) is 55.3 Å². The molecule has 1 amide bonds. The van der Waals surface area contributed by atoms with Crippen molar-refractivity contribution in [3.63, 3.8) is 0 Å². The molecule has 0 unspecified atom stereocenters. The number of carbonyl (C=O) groups excluding carboxylic acids is 1. The van der Waals surface area contributed by atoms with Gasteiger partial charge in [0.25, 0.3) is 11.4 Å². The minimum Gasteiger partial charge on any atom is -0.490 e. The lowest BCUT2D eigenvalue weighted by Crippen LogP contribution is -2.41. The smallest absolute Gasteiger partial charge is 0.415 e. The molecule has 2 heterocycles. The van der Waals surface area contributed by atoms with Crippen LogP contribution in [0.3, 0.4) is 0 Å². The molecule has 0 bridgehead atoms. The second-order valence-electron chi connectivity index (χ2n) is 8.35. The zero-order chi connectivity index (χ0) is 26.9. The van der Waals surface area contributed by atoms with Gasteiger partial charge in [-0.05, 0) is 32.9 Å². The average Bonchev–Trinajstić information content (AvgIpc) is 2.82. The van der Waals surface area contributed by atoms with Crippen LogP contribution >= 0.6 is 0 Å². The van der Waals surface area contributed by atoms with Crippen LogP contribution in [-0.4, -0.2) is 47.8 Å². The first kappa shape index (κ1) is 30.5. The Morgan fingerprint density at radius 3 is 2.14 bits per heavy atom. The Bertz CT molecular complexity index is 1150. The Morgan fingerprint density at radius 1 is 1.03 bits per heavy atom. The molecule has 0 saturated heterocycles. The maximum atomic E-state index is 12.1. The zero-order valence-electron chi connectivity index (χ0n) is 20.3. The predicted molar refractivity (Wildman–Crippen MR) is 141 cm³/mol. The van der Waals surface area contributed by atoms with Gasteiger partial charge in [-0.15, -0.1) is 5.73 Å². The van der Waals surface area contributed by atoms with Gasteiger partial charge in [0.1, 0.15) is 30.3 Å². The quantitative estimate of drug-likeness (QED) is 0.301. The molecule has 4 rings (SSSR count). The Hall–Kier alpha value is -4.57. The maximum Gasteiger partial charge on any atom is 0.415 e. The number of hydrogen-bond acceptors (Lipinski definition) is 9. The number of fused-ring (bicyclic) bond motifs is 2. The molecule has 0 atom stereocenters. The lowest BCUT2D eigenvalue weighted by Gasteiger charge is -2.31. The lowest BCUT2D eigenvalue weighted by molar-refractivity contribution is -0.385.